The molecular weight excluding hydrogens is 269 g/mol. The van der Waals surface area contributed by atoms with E-state index >= 15 is 0 Å². The Bertz CT molecular complexity index is 720. The van der Waals surface area contributed by atoms with Crippen LogP contribution >= 0.6 is 0 Å². The number of benzene rings is 2. The van der Waals surface area contributed by atoms with Gasteiger partial charge in [-0.05, 0) is 41.5 Å². The maximum Gasteiger partial charge on any atom is 0.337 e. The van der Waals surface area contributed by atoms with Gasteiger partial charge in [0, 0.05) is 17.8 Å². The highest BCUT2D eigenvalue weighted by molar-refractivity contribution is 5.97. The summed E-state index contributed by atoms with van der Waals surface area (Å²) in [5.41, 5.74) is 4.52. The lowest BCUT2D eigenvalue weighted by molar-refractivity contribution is 0.0601. The highest BCUT2D eigenvalue weighted by Crippen LogP contribution is 2.32. The number of carbonyl (C=O) groups is 1. The first-order valence-electron chi connectivity index (χ1n) is 6.60. The number of hydrogen-bond donors (Lipinski definition) is 1. The van der Waals surface area contributed by atoms with Gasteiger partial charge in [-0.25, -0.2) is 9.18 Å². The molecule has 1 heterocycles. The molecule has 0 aliphatic carbocycles. The van der Waals surface area contributed by atoms with E-state index in [1.807, 2.05) is 12.1 Å². The summed E-state index contributed by atoms with van der Waals surface area (Å²) in [5, 5.41) is 3.25. The van der Waals surface area contributed by atoms with Gasteiger partial charge in [-0.3, -0.25) is 0 Å². The number of ether oxygens (including phenoxy) is 1. The Labute approximate surface area is 122 Å². The van der Waals surface area contributed by atoms with Gasteiger partial charge in [0.05, 0.1) is 12.7 Å². The van der Waals surface area contributed by atoms with Gasteiger partial charge in [-0.2, -0.15) is 0 Å². The third-order valence-electron chi connectivity index (χ3n) is 3.47. The van der Waals surface area contributed by atoms with Gasteiger partial charge < -0.3 is 10.1 Å². The fourth-order valence-electron chi connectivity index (χ4n) is 2.39. The molecule has 0 fully saturated rings. The van der Waals surface area contributed by atoms with Crippen LogP contribution < -0.4 is 5.32 Å². The molecule has 0 radical (unpaired) electrons. The van der Waals surface area contributed by atoms with Crippen LogP contribution in [0.5, 0.6) is 0 Å². The Balaban J connectivity index is 1.93. The number of hydrogen-bond acceptors (Lipinski definition) is 3. The SMILES string of the molecule is COC(=O)c1ccc2c(c1)NCC2=Cc1ccc(F)cc1. The van der Waals surface area contributed by atoms with Crippen molar-refractivity contribution in [1.29, 1.82) is 0 Å². The number of carbonyl (C=O) groups excluding carboxylic acids is 1. The molecule has 0 bridgehead atoms. The van der Waals surface area contributed by atoms with E-state index in [1.165, 1.54) is 19.2 Å². The van der Waals surface area contributed by atoms with Crippen LogP contribution in [-0.4, -0.2) is 19.6 Å². The van der Waals surface area contributed by atoms with Crippen molar-refractivity contribution in [3.63, 3.8) is 0 Å². The summed E-state index contributed by atoms with van der Waals surface area (Å²) in [6.45, 7) is 0.678. The summed E-state index contributed by atoms with van der Waals surface area (Å²) in [6, 6.07) is 11.8. The van der Waals surface area contributed by atoms with E-state index in [2.05, 4.69) is 5.32 Å². The normalized spacial score (nSPS) is 14.7. The monoisotopic (exact) mass is 283 g/mol. The van der Waals surface area contributed by atoms with E-state index in [4.69, 9.17) is 4.74 Å². The summed E-state index contributed by atoms with van der Waals surface area (Å²) in [6.07, 6.45) is 2.01. The standard InChI is InChI=1S/C17H14FNO2/c1-21-17(20)12-4-7-15-13(10-19-16(15)9-12)8-11-2-5-14(18)6-3-11/h2-9,19H,10H2,1H3. The maximum absolute atomic E-state index is 12.9. The van der Waals surface area contributed by atoms with Crippen molar-refractivity contribution in [3.8, 4) is 0 Å². The van der Waals surface area contributed by atoms with Crippen molar-refractivity contribution in [1.82, 2.24) is 0 Å². The minimum absolute atomic E-state index is 0.246. The fraction of sp³-hybridized carbons (Fsp3) is 0.118. The molecule has 0 unspecified atom stereocenters. The number of anilines is 1. The number of halogens is 1. The number of esters is 1. The third kappa shape index (κ3) is 2.65. The van der Waals surface area contributed by atoms with Gasteiger partial charge in [-0.1, -0.05) is 18.2 Å². The quantitative estimate of drug-likeness (QED) is 0.856. The first-order chi connectivity index (χ1) is 10.2. The van der Waals surface area contributed by atoms with Crippen LogP contribution in [0, 0.1) is 5.82 Å². The predicted molar refractivity (Wildman–Crippen MR) is 80.5 cm³/mol. The number of fused-ring (bicyclic) bond motifs is 1. The molecule has 0 aromatic heterocycles. The Kier molecular flexibility index (Phi) is 3.44. The second-order valence-corrected chi connectivity index (χ2v) is 4.83. The Morgan fingerprint density at radius 3 is 2.71 bits per heavy atom. The van der Waals surface area contributed by atoms with Crippen LogP contribution in [0.15, 0.2) is 42.5 Å². The van der Waals surface area contributed by atoms with Gasteiger partial charge in [0.25, 0.3) is 0 Å². The van der Waals surface area contributed by atoms with E-state index in [-0.39, 0.29) is 11.8 Å². The summed E-state index contributed by atoms with van der Waals surface area (Å²) >= 11 is 0. The molecule has 3 nitrogen and oxygen atoms in total. The molecule has 106 valence electrons. The molecule has 2 aromatic rings. The highest BCUT2D eigenvalue weighted by Gasteiger charge is 2.17. The van der Waals surface area contributed by atoms with Crippen LogP contribution in [-0.2, 0) is 4.74 Å². The van der Waals surface area contributed by atoms with Crippen LogP contribution in [0.4, 0.5) is 10.1 Å². The smallest absolute Gasteiger partial charge is 0.337 e. The minimum Gasteiger partial charge on any atom is -0.465 e. The van der Waals surface area contributed by atoms with Crippen molar-refractivity contribution in [2.45, 2.75) is 0 Å². The molecule has 0 amide bonds. The molecule has 1 aliphatic heterocycles. The predicted octanol–water partition coefficient (Wildman–Crippen LogP) is 3.58. The zero-order valence-corrected chi connectivity index (χ0v) is 11.5. The molecule has 0 spiro atoms. The summed E-state index contributed by atoms with van der Waals surface area (Å²) < 4.78 is 17.6. The zero-order valence-electron chi connectivity index (χ0n) is 11.5. The maximum atomic E-state index is 12.9. The first kappa shape index (κ1) is 13.4. The lowest BCUT2D eigenvalue weighted by atomic mass is 10.0. The van der Waals surface area contributed by atoms with Gasteiger partial charge in [-0.15, -0.1) is 0 Å². The van der Waals surface area contributed by atoms with E-state index in [9.17, 15) is 9.18 Å². The second-order valence-electron chi connectivity index (χ2n) is 4.83. The number of rotatable bonds is 2. The Hall–Kier alpha value is -2.62. The Morgan fingerprint density at radius 1 is 1.24 bits per heavy atom. The highest BCUT2D eigenvalue weighted by atomic mass is 19.1. The van der Waals surface area contributed by atoms with Gasteiger partial charge in [0.2, 0.25) is 0 Å². The van der Waals surface area contributed by atoms with Crippen LogP contribution in [0.3, 0.4) is 0 Å². The molecular formula is C17H14FNO2. The molecule has 2 aromatic carbocycles. The van der Waals surface area contributed by atoms with Gasteiger partial charge in [0.15, 0.2) is 0 Å². The average Bonchev–Trinajstić information content (AvgIpc) is 2.91. The van der Waals surface area contributed by atoms with Crippen molar-refractivity contribution >= 4 is 23.3 Å². The lowest BCUT2D eigenvalue weighted by Gasteiger charge is -2.03. The lowest BCUT2D eigenvalue weighted by Crippen LogP contribution is -2.01. The first-order valence-corrected chi connectivity index (χ1v) is 6.60. The molecule has 0 atom stereocenters. The number of nitrogens with one attached hydrogen (secondary N) is 1. The second kappa shape index (κ2) is 5.40. The molecule has 0 saturated heterocycles. The molecule has 1 N–H and O–H groups in total. The topological polar surface area (TPSA) is 38.3 Å². The van der Waals surface area contributed by atoms with Crippen LogP contribution in [0.25, 0.3) is 11.6 Å². The molecule has 0 saturated carbocycles. The zero-order chi connectivity index (χ0) is 14.8. The van der Waals surface area contributed by atoms with Gasteiger partial charge >= 0.3 is 5.97 Å². The third-order valence-corrected chi connectivity index (χ3v) is 3.47. The number of methoxy groups -OCH3 is 1. The van der Waals surface area contributed by atoms with Crippen molar-refractivity contribution in [2.75, 3.05) is 19.0 Å². The molecule has 21 heavy (non-hydrogen) atoms. The van der Waals surface area contributed by atoms with Crippen LogP contribution in [0.2, 0.25) is 0 Å². The minimum atomic E-state index is -0.351. The Morgan fingerprint density at radius 2 is 2.00 bits per heavy atom. The van der Waals surface area contributed by atoms with Gasteiger partial charge in [0.1, 0.15) is 5.82 Å². The van der Waals surface area contributed by atoms with Crippen molar-refractivity contribution < 1.29 is 13.9 Å². The van der Waals surface area contributed by atoms with E-state index in [0.717, 1.165) is 22.4 Å². The van der Waals surface area contributed by atoms with Crippen LogP contribution in [0.1, 0.15) is 21.5 Å². The molecule has 1 aliphatic rings. The van der Waals surface area contributed by atoms with E-state index in [1.54, 1.807) is 24.3 Å². The molecule has 4 heteroatoms. The van der Waals surface area contributed by atoms with E-state index in [0.29, 0.717) is 12.1 Å². The average molecular weight is 283 g/mol. The van der Waals surface area contributed by atoms with Crippen molar-refractivity contribution in [3.05, 3.63) is 65.0 Å². The summed E-state index contributed by atoms with van der Waals surface area (Å²) in [4.78, 5) is 11.5. The largest absolute Gasteiger partial charge is 0.465 e. The fourth-order valence-corrected chi connectivity index (χ4v) is 2.39. The van der Waals surface area contributed by atoms with Crippen molar-refractivity contribution in [2.24, 2.45) is 0 Å². The summed E-state index contributed by atoms with van der Waals surface area (Å²) in [7, 11) is 1.36. The molecule has 3 rings (SSSR count). The summed E-state index contributed by atoms with van der Waals surface area (Å²) in [5.74, 6) is -0.597. The van der Waals surface area contributed by atoms with E-state index < -0.39 is 0 Å².